The minimum absolute atomic E-state index is 0.584. The molecule has 0 fully saturated rings. The van der Waals surface area contributed by atoms with Gasteiger partial charge in [-0.3, -0.25) is 4.99 Å². The fourth-order valence-electron chi connectivity index (χ4n) is 2.27. The van der Waals surface area contributed by atoms with Crippen LogP contribution in [0.4, 0.5) is 0 Å². The van der Waals surface area contributed by atoms with E-state index in [-0.39, 0.29) is 0 Å². The number of halogens is 1. The van der Waals surface area contributed by atoms with Crippen LogP contribution >= 0.6 is 11.6 Å². The van der Waals surface area contributed by atoms with Gasteiger partial charge in [0.05, 0.1) is 19.8 Å². The molecule has 0 atom stereocenters. The molecule has 21 heavy (non-hydrogen) atoms. The molecule has 0 unspecified atom stereocenters. The Bertz CT molecular complexity index is 637. The molecule has 0 saturated heterocycles. The molecule has 0 amide bonds. The lowest BCUT2D eigenvalue weighted by Gasteiger charge is -2.07. The van der Waals surface area contributed by atoms with Gasteiger partial charge in [-0.25, -0.2) is 0 Å². The average molecular weight is 301 g/mol. The van der Waals surface area contributed by atoms with Gasteiger partial charge in [0.25, 0.3) is 0 Å². The van der Waals surface area contributed by atoms with Gasteiger partial charge in [0.1, 0.15) is 5.84 Å². The van der Waals surface area contributed by atoms with Crippen molar-refractivity contribution in [3.05, 3.63) is 70.2 Å². The summed E-state index contributed by atoms with van der Waals surface area (Å²) in [5, 5.41) is 4.03. The van der Waals surface area contributed by atoms with Crippen LogP contribution in [0, 0.1) is 0 Å². The summed E-state index contributed by atoms with van der Waals surface area (Å²) in [5.74, 6) is 0.981. The molecular formula is C17H17ClN2O. The molecule has 0 saturated carbocycles. The van der Waals surface area contributed by atoms with Crippen molar-refractivity contribution in [1.82, 2.24) is 5.32 Å². The summed E-state index contributed by atoms with van der Waals surface area (Å²) < 4.78 is 5.76. The molecule has 0 spiro atoms. The van der Waals surface area contributed by atoms with Gasteiger partial charge in [0.15, 0.2) is 0 Å². The van der Waals surface area contributed by atoms with Crippen molar-refractivity contribution in [2.24, 2.45) is 4.99 Å². The molecule has 1 aliphatic heterocycles. The van der Waals surface area contributed by atoms with E-state index >= 15 is 0 Å². The average Bonchev–Trinajstić information content (AvgIpc) is 3.04. The Morgan fingerprint density at radius 3 is 2.62 bits per heavy atom. The van der Waals surface area contributed by atoms with Crippen LogP contribution in [-0.4, -0.2) is 18.9 Å². The molecule has 4 heteroatoms. The predicted molar refractivity (Wildman–Crippen MR) is 85.8 cm³/mol. The fourth-order valence-corrected chi connectivity index (χ4v) is 2.39. The Hall–Kier alpha value is -1.84. The molecule has 2 aromatic rings. The van der Waals surface area contributed by atoms with Crippen molar-refractivity contribution in [2.75, 3.05) is 13.1 Å². The normalized spacial score (nSPS) is 13.9. The van der Waals surface area contributed by atoms with Crippen LogP contribution in [0.3, 0.4) is 0 Å². The van der Waals surface area contributed by atoms with E-state index in [0.29, 0.717) is 13.2 Å². The van der Waals surface area contributed by atoms with E-state index in [1.807, 2.05) is 30.3 Å². The Labute approximate surface area is 129 Å². The van der Waals surface area contributed by atoms with Crippen LogP contribution in [0.15, 0.2) is 53.5 Å². The van der Waals surface area contributed by atoms with Crippen molar-refractivity contribution in [3.63, 3.8) is 0 Å². The molecule has 0 radical (unpaired) electrons. The highest BCUT2D eigenvalue weighted by molar-refractivity contribution is 6.30. The first-order valence-electron chi connectivity index (χ1n) is 7.01. The van der Waals surface area contributed by atoms with Gasteiger partial charge in [0, 0.05) is 17.1 Å². The second-order valence-corrected chi connectivity index (χ2v) is 5.41. The zero-order valence-corrected chi connectivity index (χ0v) is 12.4. The first-order chi connectivity index (χ1) is 10.3. The molecule has 0 aliphatic carbocycles. The molecular weight excluding hydrogens is 284 g/mol. The Morgan fingerprint density at radius 2 is 1.86 bits per heavy atom. The third-order valence-corrected chi connectivity index (χ3v) is 3.58. The molecule has 3 nitrogen and oxygen atoms in total. The highest BCUT2D eigenvalue weighted by Gasteiger charge is 2.08. The fraction of sp³-hybridized carbons (Fsp3) is 0.235. The zero-order chi connectivity index (χ0) is 14.5. The lowest BCUT2D eigenvalue weighted by Crippen LogP contribution is -2.19. The smallest absolute Gasteiger partial charge is 0.128 e. The van der Waals surface area contributed by atoms with Crippen LogP contribution < -0.4 is 5.32 Å². The van der Waals surface area contributed by atoms with Crippen LogP contribution in [0.2, 0.25) is 5.02 Å². The third kappa shape index (κ3) is 3.84. The second kappa shape index (κ2) is 6.74. The Morgan fingerprint density at radius 1 is 1.05 bits per heavy atom. The van der Waals surface area contributed by atoms with Crippen molar-refractivity contribution in [3.8, 4) is 0 Å². The summed E-state index contributed by atoms with van der Waals surface area (Å²) in [7, 11) is 0. The first-order valence-corrected chi connectivity index (χ1v) is 7.39. The summed E-state index contributed by atoms with van der Waals surface area (Å²) >= 11 is 5.86. The predicted octanol–water partition coefficient (Wildman–Crippen LogP) is 3.41. The summed E-state index contributed by atoms with van der Waals surface area (Å²) in [6.45, 7) is 2.95. The quantitative estimate of drug-likeness (QED) is 0.918. The first kappa shape index (κ1) is 14.1. The highest BCUT2D eigenvalue weighted by Crippen LogP contribution is 2.12. The molecule has 1 N–H and O–H groups in total. The largest absolute Gasteiger partial charge is 0.372 e. The van der Waals surface area contributed by atoms with E-state index in [9.17, 15) is 0 Å². The van der Waals surface area contributed by atoms with Crippen molar-refractivity contribution >= 4 is 17.4 Å². The number of hydrogen-bond donors (Lipinski definition) is 1. The molecule has 3 rings (SSSR count). The number of amidine groups is 1. The lowest BCUT2D eigenvalue weighted by molar-refractivity contribution is 0.107. The molecule has 1 heterocycles. The number of nitrogens with one attached hydrogen (secondary N) is 1. The van der Waals surface area contributed by atoms with Gasteiger partial charge >= 0.3 is 0 Å². The van der Waals surface area contributed by atoms with E-state index < -0.39 is 0 Å². The molecule has 1 aliphatic rings. The van der Waals surface area contributed by atoms with Gasteiger partial charge in [-0.1, -0.05) is 41.9 Å². The van der Waals surface area contributed by atoms with Crippen LogP contribution in [0.1, 0.15) is 16.7 Å². The maximum absolute atomic E-state index is 5.86. The van der Waals surface area contributed by atoms with E-state index in [0.717, 1.165) is 40.6 Å². The summed E-state index contributed by atoms with van der Waals surface area (Å²) in [6.07, 6.45) is 0. The minimum Gasteiger partial charge on any atom is -0.372 e. The molecule has 2 aromatic carbocycles. The second-order valence-electron chi connectivity index (χ2n) is 4.98. The van der Waals surface area contributed by atoms with Crippen molar-refractivity contribution in [1.29, 1.82) is 0 Å². The maximum Gasteiger partial charge on any atom is 0.128 e. The Balaban J connectivity index is 1.57. The number of benzene rings is 2. The number of hydrogen-bond acceptors (Lipinski definition) is 3. The zero-order valence-electron chi connectivity index (χ0n) is 11.7. The lowest BCUT2D eigenvalue weighted by atomic mass is 10.1. The Kier molecular flexibility index (Phi) is 4.53. The van der Waals surface area contributed by atoms with E-state index in [2.05, 4.69) is 28.5 Å². The van der Waals surface area contributed by atoms with Gasteiger partial charge in [-0.15, -0.1) is 0 Å². The van der Waals surface area contributed by atoms with Crippen LogP contribution in [-0.2, 0) is 18.0 Å². The third-order valence-electron chi connectivity index (χ3n) is 3.33. The van der Waals surface area contributed by atoms with E-state index in [1.165, 1.54) is 0 Å². The minimum atomic E-state index is 0.584. The highest BCUT2D eigenvalue weighted by atomic mass is 35.5. The summed E-state index contributed by atoms with van der Waals surface area (Å²) in [6, 6.07) is 16.0. The number of nitrogens with zero attached hydrogens (tertiary/aromatic N) is 1. The van der Waals surface area contributed by atoms with Gasteiger partial charge in [0.2, 0.25) is 0 Å². The molecule has 0 bridgehead atoms. The van der Waals surface area contributed by atoms with Gasteiger partial charge < -0.3 is 10.1 Å². The standard InChI is InChI=1S/C17H17ClN2O/c18-16-6-4-13(5-7-16)11-21-12-14-2-1-3-15(10-14)17-19-8-9-20-17/h1-7,10H,8-9,11-12H2,(H,19,20). The summed E-state index contributed by atoms with van der Waals surface area (Å²) in [5.41, 5.74) is 3.40. The van der Waals surface area contributed by atoms with Crippen molar-refractivity contribution in [2.45, 2.75) is 13.2 Å². The SMILES string of the molecule is Clc1ccc(COCc2cccc(C3=NCCN3)c2)cc1. The van der Waals surface area contributed by atoms with Crippen LogP contribution in [0.25, 0.3) is 0 Å². The van der Waals surface area contributed by atoms with E-state index in [1.54, 1.807) is 0 Å². The molecule has 0 aromatic heterocycles. The maximum atomic E-state index is 5.86. The number of rotatable bonds is 5. The molecule has 108 valence electrons. The van der Waals surface area contributed by atoms with E-state index in [4.69, 9.17) is 16.3 Å². The van der Waals surface area contributed by atoms with Crippen molar-refractivity contribution < 1.29 is 4.74 Å². The number of aliphatic imine (C=N–C) groups is 1. The number of ether oxygens (including phenoxy) is 1. The van der Waals surface area contributed by atoms with Gasteiger partial charge in [-0.05, 0) is 29.3 Å². The van der Waals surface area contributed by atoms with Crippen LogP contribution in [0.5, 0.6) is 0 Å². The topological polar surface area (TPSA) is 33.6 Å². The van der Waals surface area contributed by atoms with Gasteiger partial charge in [-0.2, -0.15) is 0 Å². The summed E-state index contributed by atoms with van der Waals surface area (Å²) in [4.78, 5) is 4.44. The monoisotopic (exact) mass is 300 g/mol.